The lowest BCUT2D eigenvalue weighted by Crippen LogP contribution is -2.27. The van der Waals surface area contributed by atoms with Crippen molar-refractivity contribution >= 4 is 15.9 Å². The molecular weight excluding hydrogens is 328 g/mol. The summed E-state index contributed by atoms with van der Waals surface area (Å²) in [5, 5.41) is 3.57. The highest BCUT2D eigenvalue weighted by atomic mass is 79.9. The lowest BCUT2D eigenvalue weighted by atomic mass is 10.0. The fraction of sp³-hybridized carbons (Fsp3) is 0.412. The van der Waals surface area contributed by atoms with Crippen LogP contribution in [0.25, 0.3) is 0 Å². The molecule has 1 aromatic heterocycles. The average Bonchev–Trinajstić information content (AvgIpc) is 2.96. The Bertz CT molecular complexity index is 527. The molecule has 0 saturated heterocycles. The molecule has 0 fully saturated rings. The number of benzene rings is 1. The van der Waals surface area contributed by atoms with Gasteiger partial charge < -0.3 is 14.6 Å². The maximum absolute atomic E-state index is 5.12. The van der Waals surface area contributed by atoms with Crippen LogP contribution in [0, 0.1) is 0 Å². The van der Waals surface area contributed by atoms with Gasteiger partial charge in [-0.2, -0.15) is 0 Å². The van der Waals surface area contributed by atoms with Crippen LogP contribution in [0.1, 0.15) is 30.5 Å². The first-order chi connectivity index (χ1) is 10.2. The summed E-state index contributed by atoms with van der Waals surface area (Å²) in [7, 11) is 2.15. The lowest BCUT2D eigenvalue weighted by molar-refractivity contribution is 0.300. The van der Waals surface area contributed by atoms with Gasteiger partial charge in [0, 0.05) is 22.6 Å². The van der Waals surface area contributed by atoms with E-state index >= 15 is 0 Å². The van der Waals surface area contributed by atoms with Crippen LogP contribution in [0.3, 0.4) is 0 Å². The third kappa shape index (κ3) is 5.30. The van der Waals surface area contributed by atoms with Crippen molar-refractivity contribution in [2.45, 2.75) is 25.9 Å². The van der Waals surface area contributed by atoms with Gasteiger partial charge in [0.15, 0.2) is 0 Å². The molecule has 1 heterocycles. The van der Waals surface area contributed by atoms with Gasteiger partial charge in [0.1, 0.15) is 0 Å². The van der Waals surface area contributed by atoms with Crippen LogP contribution < -0.4 is 5.32 Å². The van der Waals surface area contributed by atoms with Crippen molar-refractivity contribution < 1.29 is 4.42 Å². The lowest BCUT2D eigenvalue weighted by Gasteiger charge is -2.22. The summed E-state index contributed by atoms with van der Waals surface area (Å²) >= 11 is 3.55. The van der Waals surface area contributed by atoms with Gasteiger partial charge in [-0.1, -0.05) is 35.0 Å². The molecule has 1 N–H and O–H groups in total. The van der Waals surface area contributed by atoms with Crippen LogP contribution >= 0.6 is 15.9 Å². The Morgan fingerprint density at radius 2 is 2.19 bits per heavy atom. The van der Waals surface area contributed by atoms with Crippen molar-refractivity contribution in [2.24, 2.45) is 0 Å². The molecule has 0 spiro atoms. The third-order valence-electron chi connectivity index (χ3n) is 3.53. The van der Waals surface area contributed by atoms with Crippen LogP contribution in [-0.2, 0) is 6.54 Å². The minimum atomic E-state index is 0.388. The monoisotopic (exact) mass is 350 g/mol. The first kappa shape index (κ1) is 16.3. The van der Waals surface area contributed by atoms with Crippen LogP contribution in [0.4, 0.5) is 0 Å². The molecular formula is C17H23BrN2O. The number of nitrogens with zero attached hydrogens (tertiary/aromatic N) is 1. The molecule has 0 radical (unpaired) electrons. The number of halogens is 1. The van der Waals surface area contributed by atoms with E-state index in [1.165, 1.54) is 11.1 Å². The zero-order valence-corrected chi connectivity index (χ0v) is 14.3. The second-order valence-corrected chi connectivity index (χ2v) is 6.24. The van der Waals surface area contributed by atoms with Crippen molar-refractivity contribution in [3.05, 3.63) is 58.5 Å². The number of rotatable bonds is 8. The number of hydrogen-bond donors (Lipinski definition) is 1. The van der Waals surface area contributed by atoms with Gasteiger partial charge >= 0.3 is 0 Å². The topological polar surface area (TPSA) is 28.4 Å². The standard InChI is InChI=1S/C17H23BrN2O/c1-3-19-17(15-5-4-6-16(18)11-15)7-9-20(2)12-14-8-10-21-13-14/h4-6,8,10-11,13,17,19H,3,7,9,12H2,1-2H3. The molecule has 3 nitrogen and oxygen atoms in total. The Balaban J connectivity index is 1.90. The van der Waals surface area contributed by atoms with Crippen LogP contribution in [0.5, 0.6) is 0 Å². The molecule has 0 aliphatic heterocycles. The maximum atomic E-state index is 5.12. The zero-order valence-electron chi connectivity index (χ0n) is 12.7. The smallest absolute Gasteiger partial charge is 0.0947 e. The Morgan fingerprint density at radius 3 is 2.86 bits per heavy atom. The predicted octanol–water partition coefficient (Wildman–Crippen LogP) is 4.21. The molecule has 0 aliphatic carbocycles. The summed E-state index contributed by atoms with van der Waals surface area (Å²) < 4.78 is 6.25. The summed E-state index contributed by atoms with van der Waals surface area (Å²) in [4.78, 5) is 2.33. The molecule has 1 aromatic carbocycles. The SMILES string of the molecule is CCNC(CCN(C)Cc1ccoc1)c1cccc(Br)c1. The minimum Gasteiger partial charge on any atom is -0.472 e. The summed E-state index contributed by atoms with van der Waals surface area (Å²) in [5.41, 5.74) is 2.56. The van der Waals surface area contributed by atoms with Crippen molar-refractivity contribution in [1.82, 2.24) is 10.2 Å². The maximum Gasteiger partial charge on any atom is 0.0947 e. The fourth-order valence-corrected chi connectivity index (χ4v) is 2.90. The van der Waals surface area contributed by atoms with E-state index in [9.17, 15) is 0 Å². The average molecular weight is 351 g/mol. The summed E-state index contributed by atoms with van der Waals surface area (Å²) in [6.45, 7) is 5.09. The Kier molecular flexibility index (Phi) is 6.49. The van der Waals surface area contributed by atoms with Gasteiger partial charge in [-0.25, -0.2) is 0 Å². The van der Waals surface area contributed by atoms with Gasteiger partial charge in [-0.05, 0) is 50.3 Å². The minimum absolute atomic E-state index is 0.388. The van der Waals surface area contributed by atoms with Gasteiger partial charge in [-0.15, -0.1) is 0 Å². The largest absolute Gasteiger partial charge is 0.472 e. The molecule has 2 rings (SSSR count). The molecule has 1 atom stereocenters. The van der Waals surface area contributed by atoms with E-state index in [1.54, 1.807) is 6.26 Å². The summed E-state index contributed by atoms with van der Waals surface area (Å²) in [6.07, 6.45) is 4.62. The van der Waals surface area contributed by atoms with Gasteiger partial charge in [0.25, 0.3) is 0 Å². The molecule has 0 bridgehead atoms. The van der Waals surface area contributed by atoms with E-state index in [1.807, 2.05) is 12.3 Å². The van der Waals surface area contributed by atoms with E-state index in [2.05, 4.69) is 64.4 Å². The Labute approximate surface area is 135 Å². The van der Waals surface area contributed by atoms with Crippen LogP contribution in [0.2, 0.25) is 0 Å². The second kappa shape index (κ2) is 8.37. The number of nitrogens with one attached hydrogen (secondary N) is 1. The quantitative estimate of drug-likeness (QED) is 0.772. The van der Waals surface area contributed by atoms with Crippen LogP contribution in [0.15, 0.2) is 51.7 Å². The Morgan fingerprint density at radius 1 is 1.33 bits per heavy atom. The van der Waals surface area contributed by atoms with E-state index in [0.717, 1.165) is 30.5 Å². The second-order valence-electron chi connectivity index (χ2n) is 5.32. The van der Waals surface area contributed by atoms with E-state index in [-0.39, 0.29) is 0 Å². The van der Waals surface area contributed by atoms with Crippen molar-refractivity contribution in [2.75, 3.05) is 20.1 Å². The molecule has 2 aromatic rings. The number of furan rings is 1. The number of hydrogen-bond acceptors (Lipinski definition) is 3. The summed E-state index contributed by atoms with van der Waals surface area (Å²) in [5.74, 6) is 0. The molecule has 0 aliphatic rings. The molecule has 114 valence electrons. The van der Waals surface area contributed by atoms with Crippen molar-refractivity contribution in [3.63, 3.8) is 0 Å². The highest BCUT2D eigenvalue weighted by molar-refractivity contribution is 9.10. The van der Waals surface area contributed by atoms with Gasteiger partial charge in [0.05, 0.1) is 12.5 Å². The van der Waals surface area contributed by atoms with Crippen LogP contribution in [-0.4, -0.2) is 25.0 Å². The summed E-state index contributed by atoms with van der Waals surface area (Å²) in [6, 6.07) is 11.0. The molecule has 0 amide bonds. The van der Waals surface area contributed by atoms with E-state index in [0.29, 0.717) is 6.04 Å². The van der Waals surface area contributed by atoms with Crippen molar-refractivity contribution in [3.8, 4) is 0 Å². The fourth-order valence-electron chi connectivity index (χ4n) is 2.48. The van der Waals surface area contributed by atoms with Gasteiger partial charge in [0.2, 0.25) is 0 Å². The first-order valence-corrected chi connectivity index (χ1v) is 8.16. The molecule has 0 saturated carbocycles. The van der Waals surface area contributed by atoms with Crippen molar-refractivity contribution in [1.29, 1.82) is 0 Å². The highest BCUT2D eigenvalue weighted by Gasteiger charge is 2.12. The van der Waals surface area contributed by atoms with E-state index < -0.39 is 0 Å². The Hall–Kier alpha value is -1.10. The van der Waals surface area contributed by atoms with Gasteiger partial charge in [-0.3, -0.25) is 0 Å². The van der Waals surface area contributed by atoms with E-state index in [4.69, 9.17) is 4.42 Å². The first-order valence-electron chi connectivity index (χ1n) is 7.37. The zero-order chi connectivity index (χ0) is 15.1. The normalized spacial score (nSPS) is 12.8. The molecule has 4 heteroatoms. The third-order valence-corrected chi connectivity index (χ3v) is 4.03. The molecule has 1 unspecified atom stereocenters. The predicted molar refractivity (Wildman–Crippen MR) is 90.2 cm³/mol. The highest BCUT2D eigenvalue weighted by Crippen LogP contribution is 2.21. The molecule has 21 heavy (non-hydrogen) atoms.